The van der Waals surface area contributed by atoms with Crippen LogP contribution >= 0.6 is 7.82 Å². The number of rotatable bonds is 36. The van der Waals surface area contributed by atoms with Gasteiger partial charge < -0.3 is 25.2 Å². The van der Waals surface area contributed by atoms with Crippen molar-refractivity contribution in [3.63, 3.8) is 0 Å². The zero-order valence-corrected chi connectivity index (χ0v) is 32.4. The van der Waals surface area contributed by atoms with Crippen molar-refractivity contribution < 1.29 is 42.7 Å². The predicted octanol–water partition coefficient (Wildman–Crippen LogP) is 9.58. The summed E-state index contributed by atoms with van der Waals surface area (Å²) in [5, 5.41) is 10.1. The SMILES string of the molecule is CC/C=C/C/C=C/C=C/C(O)CCCCCCCC(=O)O[C@H](COC(=O)CCCCCCCCCCCCCCC)COP(=O)(O)OCCN. The highest BCUT2D eigenvalue weighted by atomic mass is 31.2. The van der Waals surface area contributed by atoms with Crippen LogP contribution in [0.5, 0.6) is 0 Å². The summed E-state index contributed by atoms with van der Waals surface area (Å²) >= 11 is 0. The van der Waals surface area contributed by atoms with Crippen LogP contribution in [-0.4, -0.2) is 60.5 Å². The maximum atomic E-state index is 12.5. The van der Waals surface area contributed by atoms with Gasteiger partial charge in [0.1, 0.15) is 6.61 Å². The molecule has 0 aromatic carbocycles. The number of aliphatic hydroxyl groups excluding tert-OH is 1. The summed E-state index contributed by atoms with van der Waals surface area (Å²) in [6.45, 7) is 3.47. The zero-order chi connectivity index (χ0) is 37.0. The fourth-order valence-electron chi connectivity index (χ4n) is 5.23. The molecule has 4 N–H and O–H groups in total. The van der Waals surface area contributed by atoms with E-state index in [9.17, 15) is 24.2 Å². The molecule has 10 nitrogen and oxygen atoms in total. The topological polar surface area (TPSA) is 155 Å². The first-order valence-electron chi connectivity index (χ1n) is 19.6. The Morgan fingerprint density at radius 2 is 1.26 bits per heavy atom. The average molecular weight is 730 g/mol. The molecule has 2 unspecified atom stereocenters. The van der Waals surface area contributed by atoms with Gasteiger partial charge in [0.15, 0.2) is 6.10 Å². The van der Waals surface area contributed by atoms with Gasteiger partial charge in [-0.15, -0.1) is 0 Å². The molecular formula is C39H72NO9P. The number of allylic oxidation sites excluding steroid dienone is 5. The Balaban J connectivity index is 4.30. The van der Waals surface area contributed by atoms with Gasteiger partial charge in [-0.05, 0) is 32.1 Å². The van der Waals surface area contributed by atoms with Gasteiger partial charge in [-0.2, -0.15) is 0 Å². The first-order chi connectivity index (χ1) is 24.2. The Morgan fingerprint density at radius 3 is 1.84 bits per heavy atom. The van der Waals surface area contributed by atoms with Gasteiger partial charge in [0.25, 0.3) is 0 Å². The van der Waals surface area contributed by atoms with Crippen LogP contribution in [-0.2, 0) is 32.7 Å². The Bertz CT molecular complexity index is 941. The van der Waals surface area contributed by atoms with E-state index in [1.807, 2.05) is 18.2 Å². The number of phosphoric ester groups is 1. The highest BCUT2D eigenvalue weighted by Crippen LogP contribution is 2.43. The highest BCUT2D eigenvalue weighted by molar-refractivity contribution is 7.47. The standard InChI is InChI=1S/C39H72NO9P/c1-3-5-7-9-11-12-13-14-15-16-18-22-26-30-38(42)46-34-37(35-48-50(44,45)47-33-32-40)49-39(43)31-27-23-19-21-25-29-36(41)28-24-20-17-10-8-6-4-2/h6,8,17,20,24,28,36-37,41H,3-5,7,9-16,18-19,21-23,25-27,29-35,40H2,1-2H3,(H,44,45)/b8-6+,20-17+,28-24+/t36?,37-/m1/s1. The number of carbonyl (C=O) groups excluding carboxylic acids is 2. The van der Waals surface area contributed by atoms with Gasteiger partial charge in [0, 0.05) is 19.4 Å². The van der Waals surface area contributed by atoms with E-state index in [1.54, 1.807) is 6.08 Å². The highest BCUT2D eigenvalue weighted by Gasteiger charge is 2.26. The summed E-state index contributed by atoms with van der Waals surface area (Å²) in [5.74, 6) is -0.904. The lowest BCUT2D eigenvalue weighted by Crippen LogP contribution is -2.29. The molecule has 0 saturated carbocycles. The van der Waals surface area contributed by atoms with Crippen LogP contribution in [0.2, 0.25) is 0 Å². The molecule has 0 aromatic rings. The van der Waals surface area contributed by atoms with Crippen LogP contribution in [0.25, 0.3) is 0 Å². The Labute approximate surface area is 304 Å². The number of nitrogens with two attached hydrogens (primary N) is 1. The van der Waals surface area contributed by atoms with E-state index >= 15 is 0 Å². The number of hydrogen-bond acceptors (Lipinski definition) is 9. The normalized spacial score (nSPS) is 14.4. The number of ether oxygens (including phenoxy) is 2. The third kappa shape index (κ3) is 34.6. The van der Waals surface area contributed by atoms with E-state index in [4.69, 9.17) is 24.3 Å². The van der Waals surface area contributed by atoms with E-state index in [2.05, 4.69) is 26.0 Å². The van der Waals surface area contributed by atoms with Crippen molar-refractivity contribution in [1.29, 1.82) is 0 Å². The summed E-state index contributed by atoms with van der Waals surface area (Å²) in [6.07, 6.45) is 33.4. The molecule has 50 heavy (non-hydrogen) atoms. The summed E-state index contributed by atoms with van der Waals surface area (Å²) in [5.41, 5.74) is 5.33. The number of aliphatic hydroxyl groups is 1. The molecule has 0 saturated heterocycles. The molecule has 11 heteroatoms. The van der Waals surface area contributed by atoms with Crippen molar-refractivity contribution in [1.82, 2.24) is 0 Å². The third-order valence-corrected chi connectivity index (χ3v) is 9.13. The molecule has 0 radical (unpaired) electrons. The molecule has 0 aliphatic rings. The van der Waals surface area contributed by atoms with Crippen LogP contribution < -0.4 is 5.73 Å². The van der Waals surface area contributed by atoms with E-state index < -0.39 is 38.6 Å². The molecule has 0 heterocycles. The smallest absolute Gasteiger partial charge is 0.462 e. The van der Waals surface area contributed by atoms with Gasteiger partial charge in [0.2, 0.25) is 0 Å². The number of hydrogen-bond donors (Lipinski definition) is 3. The van der Waals surface area contributed by atoms with Gasteiger partial charge in [-0.3, -0.25) is 18.6 Å². The van der Waals surface area contributed by atoms with Crippen molar-refractivity contribution in [3.05, 3.63) is 36.5 Å². The first-order valence-corrected chi connectivity index (χ1v) is 21.1. The van der Waals surface area contributed by atoms with Crippen molar-refractivity contribution in [2.24, 2.45) is 5.73 Å². The minimum atomic E-state index is -4.40. The second-order valence-electron chi connectivity index (χ2n) is 13.0. The van der Waals surface area contributed by atoms with Crippen LogP contribution in [0.3, 0.4) is 0 Å². The average Bonchev–Trinajstić information content (AvgIpc) is 3.09. The predicted molar refractivity (Wildman–Crippen MR) is 203 cm³/mol. The molecule has 0 rings (SSSR count). The van der Waals surface area contributed by atoms with E-state index in [-0.39, 0.29) is 32.6 Å². The molecule has 0 aliphatic carbocycles. The van der Waals surface area contributed by atoms with Crippen molar-refractivity contribution >= 4 is 19.8 Å². The van der Waals surface area contributed by atoms with Gasteiger partial charge in [0.05, 0.1) is 19.3 Å². The molecule has 0 bridgehead atoms. The monoisotopic (exact) mass is 729 g/mol. The number of unbranched alkanes of at least 4 members (excludes halogenated alkanes) is 16. The Hall–Kier alpha value is -1.81. The summed E-state index contributed by atoms with van der Waals surface area (Å²) in [4.78, 5) is 34.7. The van der Waals surface area contributed by atoms with Crippen molar-refractivity contribution in [2.45, 2.75) is 174 Å². The lowest BCUT2D eigenvalue weighted by atomic mass is 10.0. The molecule has 292 valence electrons. The number of phosphoric acid groups is 1. The Morgan fingerprint density at radius 1 is 0.700 bits per heavy atom. The molecule has 0 aliphatic heterocycles. The lowest BCUT2D eigenvalue weighted by Gasteiger charge is -2.19. The maximum Gasteiger partial charge on any atom is 0.472 e. The second-order valence-corrected chi connectivity index (χ2v) is 14.4. The molecule has 0 spiro atoms. The van der Waals surface area contributed by atoms with Crippen molar-refractivity contribution in [3.8, 4) is 0 Å². The van der Waals surface area contributed by atoms with Crippen molar-refractivity contribution in [2.75, 3.05) is 26.4 Å². The zero-order valence-electron chi connectivity index (χ0n) is 31.5. The maximum absolute atomic E-state index is 12.5. The summed E-state index contributed by atoms with van der Waals surface area (Å²) in [7, 11) is -4.40. The quantitative estimate of drug-likeness (QED) is 0.0187. The second kappa shape index (κ2) is 35.6. The lowest BCUT2D eigenvalue weighted by molar-refractivity contribution is -0.161. The molecule has 3 atom stereocenters. The van der Waals surface area contributed by atoms with E-state index in [0.29, 0.717) is 12.8 Å². The molecule has 0 fully saturated rings. The van der Waals surface area contributed by atoms with Crippen LogP contribution in [0.1, 0.15) is 162 Å². The van der Waals surface area contributed by atoms with Gasteiger partial charge in [-0.25, -0.2) is 4.57 Å². The molecule has 0 amide bonds. The summed E-state index contributed by atoms with van der Waals surface area (Å²) < 4.78 is 32.6. The minimum Gasteiger partial charge on any atom is -0.462 e. The molecule has 0 aromatic heterocycles. The van der Waals surface area contributed by atoms with Crippen LogP contribution in [0, 0.1) is 0 Å². The first kappa shape index (κ1) is 48.2. The largest absolute Gasteiger partial charge is 0.472 e. The number of carbonyl (C=O) groups is 2. The van der Waals surface area contributed by atoms with E-state index in [1.165, 1.54) is 64.2 Å². The van der Waals surface area contributed by atoms with E-state index in [0.717, 1.165) is 57.8 Å². The fraction of sp³-hybridized carbons (Fsp3) is 0.795. The fourth-order valence-corrected chi connectivity index (χ4v) is 5.99. The van der Waals surface area contributed by atoms with Gasteiger partial charge in [-0.1, -0.05) is 153 Å². The molecular weight excluding hydrogens is 657 g/mol. The minimum absolute atomic E-state index is 0.0375. The summed E-state index contributed by atoms with van der Waals surface area (Å²) in [6, 6.07) is 0. The third-order valence-electron chi connectivity index (χ3n) is 8.14. The number of esters is 2. The Kier molecular flexibility index (Phi) is 34.3. The van der Waals surface area contributed by atoms with Crippen LogP contribution in [0.4, 0.5) is 0 Å². The van der Waals surface area contributed by atoms with Gasteiger partial charge >= 0.3 is 19.8 Å². The van der Waals surface area contributed by atoms with Crippen LogP contribution in [0.15, 0.2) is 36.5 Å².